The molecular formula is C27H29NO6. The molecule has 0 saturated carbocycles. The molecule has 0 fully saturated rings. The van der Waals surface area contributed by atoms with Gasteiger partial charge in [-0.25, -0.2) is 4.79 Å². The number of aryl methyl sites for hydroxylation is 2. The molecule has 1 aromatic heterocycles. The van der Waals surface area contributed by atoms with Crippen molar-refractivity contribution in [2.45, 2.75) is 40.3 Å². The maximum absolute atomic E-state index is 12.4. The third-order valence-corrected chi connectivity index (χ3v) is 5.47. The minimum Gasteiger partial charge on any atom is -0.504 e. The molecular weight excluding hydrogens is 434 g/mol. The fraction of sp³-hybridized carbons (Fsp3) is 0.259. The van der Waals surface area contributed by atoms with Gasteiger partial charge in [-0.3, -0.25) is 4.79 Å². The van der Waals surface area contributed by atoms with Gasteiger partial charge in [-0.15, -0.1) is 0 Å². The van der Waals surface area contributed by atoms with Crippen LogP contribution < -0.4 is 10.1 Å². The van der Waals surface area contributed by atoms with E-state index in [-0.39, 0.29) is 18.3 Å². The monoisotopic (exact) mass is 463 g/mol. The molecule has 0 spiro atoms. The Kier molecular flexibility index (Phi) is 7.79. The van der Waals surface area contributed by atoms with Gasteiger partial charge in [0.05, 0.1) is 13.4 Å². The molecule has 34 heavy (non-hydrogen) atoms. The number of ether oxygens (including phenoxy) is 2. The van der Waals surface area contributed by atoms with Gasteiger partial charge in [0.15, 0.2) is 11.5 Å². The fourth-order valence-corrected chi connectivity index (χ4v) is 3.50. The zero-order valence-electron chi connectivity index (χ0n) is 20.0. The molecule has 3 rings (SSSR count). The summed E-state index contributed by atoms with van der Waals surface area (Å²) in [7, 11) is 1.28. The molecule has 0 aliphatic rings. The van der Waals surface area contributed by atoms with E-state index in [1.165, 1.54) is 7.11 Å². The first kappa shape index (κ1) is 24.6. The number of rotatable bonds is 8. The maximum Gasteiger partial charge on any atom is 0.328 e. The van der Waals surface area contributed by atoms with Crippen LogP contribution in [0.2, 0.25) is 0 Å². The topological polar surface area (TPSA) is 98.0 Å². The largest absolute Gasteiger partial charge is 0.504 e. The molecule has 0 saturated heterocycles. The van der Waals surface area contributed by atoms with E-state index < -0.39 is 12.0 Å². The second-order valence-electron chi connectivity index (χ2n) is 8.12. The smallest absolute Gasteiger partial charge is 0.328 e. The Morgan fingerprint density at radius 3 is 2.56 bits per heavy atom. The van der Waals surface area contributed by atoms with Crippen molar-refractivity contribution in [1.29, 1.82) is 0 Å². The van der Waals surface area contributed by atoms with Crippen molar-refractivity contribution in [1.82, 2.24) is 5.32 Å². The third-order valence-electron chi connectivity index (χ3n) is 5.47. The van der Waals surface area contributed by atoms with Gasteiger partial charge in [-0.05, 0) is 85.9 Å². The lowest BCUT2D eigenvalue weighted by molar-refractivity contribution is -0.144. The molecule has 1 amide bonds. The number of carbonyl (C=O) groups is 2. The minimum absolute atomic E-state index is 0.0392. The Morgan fingerprint density at radius 2 is 1.91 bits per heavy atom. The first-order chi connectivity index (χ1) is 16.2. The number of benzene rings is 2. The number of aromatic hydroxyl groups is 1. The van der Waals surface area contributed by atoms with Crippen molar-refractivity contribution in [2.24, 2.45) is 0 Å². The molecule has 1 atom stereocenters. The van der Waals surface area contributed by atoms with Gasteiger partial charge in [0.25, 0.3) is 0 Å². The highest BCUT2D eigenvalue weighted by Gasteiger charge is 2.17. The average Bonchev–Trinajstić information content (AvgIpc) is 3.33. The molecule has 0 aliphatic carbocycles. The number of carbonyl (C=O) groups excluding carboxylic acids is 2. The van der Waals surface area contributed by atoms with Crippen LogP contribution >= 0.6 is 0 Å². The van der Waals surface area contributed by atoms with Gasteiger partial charge in [-0.2, -0.15) is 0 Å². The summed E-state index contributed by atoms with van der Waals surface area (Å²) in [6.07, 6.45) is 3.36. The number of methoxy groups -OCH3 is 1. The molecule has 178 valence electrons. The highest BCUT2D eigenvalue weighted by atomic mass is 16.5. The second kappa shape index (κ2) is 10.7. The van der Waals surface area contributed by atoms with Gasteiger partial charge < -0.3 is 24.3 Å². The van der Waals surface area contributed by atoms with Crippen molar-refractivity contribution in [3.05, 3.63) is 76.8 Å². The van der Waals surface area contributed by atoms with Gasteiger partial charge in [0, 0.05) is 5.57 Å². The summed E-state index contributed by atoms with van der Waals surface area (Å²) in [5, 5.41) is 13.1. The Hall–Kier alpha value is -4.00. The summed E-state index contributed by atoms with van der Waals surface area (Å²) < 4.78 is 15.5. The number of nitrogens with one attached hydrogen (secondary N) is 1. The predicted octanol–water partition coefficient (Wildman–Crippen LogP) is 4.93. The van der Waals surface area contributed by atoms with E-state index in [2.05, 4.69) is 10.1 Å². The summed E-state index contributed by atoms with van der Waals surface area (Å²) in [5.41, 5.74) is 5.12. The third kappa shape index (κ3) is 5.86. The number of phenols is 1. The van der Waals surface area contributed by atoms with Crippen molar-refractivity contribution in [3.63, 3.8) is 0 Å². The van der Waals surface area contributed by atoms with Crippen molar-refractivity contribution in [3.8, 4) is 22.6 Å². The van der Waals surface area contributed by atoms with E-state index in [4.69, 9.17) is 9.15 Å². The molecule has 2 N–H and O–H groups in total. The normalized spacial score (nSPS) is 12.2. The highest BCUT2D eigenvalue weighted by molar-refractivity contribution is 5.99. The summed E-state index contributed by atoms with van der Waals surface area (Å²) >= 11 is 0. The molecule has 7 nitrogen and oxygen atoms in total. The summed E-state index contributed by atoms with van der Waals surface area (Å²) in [5.74, 6) is 0.240. The van der Waals surface area contributed by atoms with Crippen LogP contribution in [0.5, 0.6) is 11.5 Å². The first-order valence-corrected chi connectivity index (χ1v) is 10.9. The molecule has 0 radical (unpaired) electrons. The minimum atomic E-state index is -0.732. The van der Waals surface area contributed by atoms with Crippen LogP contribution in [0.4, 0.5) is 0 Å². The van der Waals surface area contributed by atoms with Crippen molar-refractivity contribution < 1.29 is 28.6 Å². The van der Waals surface area contributed by atoms with Gasteiger partial charge >= 0.3 is 5.97 Å². The van der Waals surface area contributed by atoms with Crippen LogP contribution in [0, 0.1) is 13.8 Å². The SMILES string of the molecule is COC(=O)C(C)NC(=O)/C(C)=C/c1cc(C)c(-c2ccc(OCc3ccco3)c(O)c2)cc1C. The fourth-order valence-electron chi connectivity index (χ4n) is 3.50. The standard InChI is InChI=1S/C27H29NO6/c1-16-13-23(20-8-9-25(24(29)14-20)34-15-22-7-6-10-33-22)17(2)11-21(16)12-18(3)26(30)28-19(4)27(31)32-5/h6-14,19,29H,15H2,1-5H3,(H,28,30)/b18-12+. The van der Waals surface area contributed by atoms with E-state index in [9.17, 15) is 14.7 Å². The summed E-state index contributed by atoms with van der Waals surface area (Å²) in [4.78, 5) is 24.0. The summed E-state index contributed by atoms with van der Waals surface area (Å²) in [6.45, 7) is 7.42. The zero-order chi connectivity index (χ0) is 24.8. The highest BCUT2D eigenvalue weighted by Crippen LogP contribution is 2.34. The van der Waals surface area contributed by atoms with Gasteiger partial charge in [0.1, 0.15) is 18.4 Å². The number of phenolic OH excluding ortho intramolecular Hbond substituents is 1. The number of esters is 1. The molecule has 2 aromatic carbocycles. The van der Waals surface area contributed by atoms with Crippen LogP contribution in [-0.4, -0.2) is 30.1 Å². The van der Waals surface area contributed by atoms with Crippen LogP contribution in [-0.2, 0) is 20.9 Å². The van der Waals surface area contributed by atoms with Crippen LogP contribution in [0.25, 0.3) is 17.2 Å². The number of amides is 1. The van der Waals surface area contributed by atoms with Crippen LogP contribution in [0.1, 0.15) is 36.3 Å². The second-order valence-corrected chi connectivity index (χ2v) is 8.12. The number of hydrogen-bond donors (Lipinski definition) is 2. The Bertz CT molecular complexity index is 1210. The van der Waals surface area contributed by atoms with Crippen LogP contribution in [0.3, 0.4) is 0 Å². The van der Waals surface area contributed by atoms with E-state index >= 15 is 0 Å². The summed E-state index contributed by atoms with van der Waals surface area (Å²) in [6, 6.07) is 12.1. The molecule has 1 heterocycles. The molecule has 1 unspecified atom stereocenters. The maximum atomic E-state index is 12.4. The Labute approximate surface area is 199 Å². The lowest BCUT2D eigenvalue weighted by atomic mass is 9.94. The van der Waals surface area contributed by atoms with Crippen LogP contribution in [0.15, 0.2) is 58.7 Å². The van der Waals surface area contributed by atoms with Gasteiger partial charge in [-0.1, -0.05) is 18.2 Å². The van der Waals surface area contributed by atoms with E-state index in [1.54, 1.807) is 50.5 Å². The van der Waals surface area contributed by atoms with E-state index in [0.717, 1.165) is 27.8 Å². The lowest BCUT2D eigenvalue weighted by Gasteiger charge is -2.14. The predicted molar refractivity (Wildman–Crippen MR) is 129 cm³/mol. The zero-order valence-corrected chi connectivity index (χ0v) is 20.0. The lowest BCUT2D eigenvalue weighted by Crippen LogP contribution is -2.39. The molecule has 0 aliphatic heterocycles. The Balaban J connectivity index is 1.78. The van der Waals surface area contributed by atoms with Crippen molar-refractivity contribution in [2.75, 3.05) is 7.11 Å². The molecule has 3 aromatic rings. The van der Waals surface area contributed by atoms with E-state index in [0.29, 0.717) is 17.1 Å². The molecule has 0 bridgehead atoms. The quantitative estimate of drug-likeness (QED) is 0.363. The van der Waals surface area contributed by atoms with Gasteiger partial charge in [0.2, 0.25) is 5.91 Å². The molecule has 7 heteroatoms. The average molecular weight is 464 g/mol. The number of hydrogen-bond acceptors (Lipinski definition) is 6. The number of furan rings is 1. The van der Waals surface area contributed by atoms with Crippen molar-refractivity contribution >= 4 is 18.0 Å². The Morgan fingerprint density at radius 1 is 1.15 bits per heavy atom. The first-order valence-electron chi connectivity index (χ1n) is 10.9. The van der Waals surface area contributed by atoms with E-state index in [1.807, 2.05) is 32.0 Å².